The van der Waals surface area contributed by atoms with Crippen LogP contribution in [0.3, 0.4) is 0 Å². The van der Waals surface area contributed by atoms with Crippen LogP contribution in [0.15, 0.2) is 78.9 Å². The standard InChI is InChI=1S/C27H24Cl2FN5O3/c1-38-14-13-34(27(37)31-23-12-7-19(28)15-22(23)29)17-26(36)32-25-16-24(18-5-3-2-4-6-18)33-35(25)21-10-8-20(30)9-11-21/h2-12,15-16H,13-14,17H2,1H3,(H,31,37)(H,32,36). The van der Waals surface area contributed by atoms with E-state index in [4.69, 9.17) is 27.9 Å². The fourth-order valence-electron chi connectivity index (χ4n) is 3.59. The van der Waals surface area contributed by atoms with Gasteiger partial charge in [-0.25, -0.2) is 13.9 Å². The van der Waals surface area contributed by atoms with E-state index in [1.165, 1.54) is 34.9 Å². The topological polar surface area (TPSA) is 88.5 Å². The van der Waals surface area contributed by atoms with E-state index in [1.807, 2.05) is 30.3 Å². The van der Waals surface area contributed by atoms with Crippen LogP contribution in [0.1, 0.15) is 0 Å². The molecule has 38 heavy (non-hydrogen) atoms. The van der Waals surface area contributed by atoms with Crippen LogP contribution in [-0.4, -0.2) is 53.4 Å². The van der Waals surface area contributed by atoms with Gasteiger partial charge in [0.2, 0.25) is 5.91 Å². The van der Waals surface area contributed by atoms with Gasteiger partial charge in [-0.3, -0.25) is 4.79 Å². The van der Waals surface area contributed by atoms with Crippen molar-refractivity contribution in [3.05, 3.63) is 94.7 Å². The number of anilines is 2. The van der Waals surface area contributed by atoms with Crippen LogP contribution in [0.4, 0.5) is 20.7 Å². The molecule has 1 heterocycles. The largest absolute Gasteiger partial charge is 0.383 e. The van der Waals surface area contributed by atoms with Gasteiger partial charge in [-0.15, -0.1) is 0 Å². The second-order valence-corrected chi connectivity index (χ2v) is 9.03. The number of hydrogen-bond donors (Lipinski definition) is 2. The minimum atomic E-state index is -0.543. The van der Waals surface area contributed by atoms with Crippen molar-refractivity contribution in [3.63, 3.8) is 0 Å². The smallest absolute Gasteiger partial charge is 0.322 e. The summed E-state index contributed by atoms with van der Waals surface area (Å²) in [6.07, 6.45) is 0. The van der Waals surface area contributed by atoms with Gasteiger partial charge in [0, 0.05) is 30.3 Å². The Morgan fingerprint density at radius 1 is 1.00 bits per heavy atom. The Kier molecular flexibility index (Phi) is 8.96. The Morgan fingerprint density at radius 2 is 1.74 bits per heavy atom. The number of carbonyl (C=O) groups is 2. The SMILES string of the molecule is COCCN(CC(=O)Nc1cc(-c2ccccc2)nn1-c1ccc(F)cc1)C(=O)Nc1ccc(Cl)cc1Cl. The van der Waals surface area contributed by atoms with Gasteiger partial charge < -0.3 is 20.3 Å². The molecule has 0 saturated carbocycles. The predicted molar refractivity (Wildman–Crippen MR) is 147 cm³/mol. The van der Waals surface area contributed by atoms with E-state index in [-0.39, 0.29) is 24.7 Å². The van der Waals surface area contributed by atoms with Gasteiger partial charge in [-0.2, -0.15) is 5.10 Å². The number of nitrogens with zero attached hydrogens (tertiary/aromatic N) is 3. The molecule has 0 saturated heterocycles. The number of urea groups is 1. The van der Waals surface area contributed by atoms with Crippen molar-refractivity contribution in [2.75, 3.05) is 37.4 Å². The number of carbonyl (C=O) groups excluding carboxylic acids is 2. The first kappa shape index (κ1) is 27.1. The zero-order valence-electron chi connectivity index (χ0n) is 20.3. The maximum atomic E-state index is 13.5. The normalized spacial score (nSPS) is 10.7. The summed E-state index contributed by atoms with van der Waals surface area (Å²) in [6.45, 7) is 0.0733. The molecule has 3 aromatic carbocycles. The van der Waals surface area contributed by atoms with Crippen LogP contribution >= 0.6 is 23.2 Å². The van der Waals surface area contributed by atoms with E-state index in [0.717, 1.165) is 5.56 Å². The molecule has 0 bridgehead atoms. The summed E-state index contributed by atoms with van der Waals surface area (Å²) in [5, 5.41) is 10.8. The number of aromatic nitrogens is 2. The Balaban J connectivity index is 1.55. The van der Waals surface area contributed by atoms with Crippen molar-refractivity contribution in [2.45, 2.75) is 0 Å². The summed E-state index contributed by atoms with van der Waals surface area (Å²) in [7, 11) is 1.50. The third-order valence-electron chi connectivity index (χ3n) is 5.48. The first-order valence-corrected chi connectivity index (χ1v) is 12.3. The molecule has 4 rings (SSSR count). The average molecular weight is 556 g/mol. The molecule has 11 heteroatoms. The molecule has 4 aromatic rings. The molecule has 8 nitrogen and oxygen atoms in total. The number of nitrogens with one attached hydrogen (secondary N) is 2. The highest BCUT2D eigenvalue weighted by Gasteiger charge is 2.20. The number of amides is 3. The second-order valence-electron chi connectivity index (χ2n) is 8.19. The number of halogens is 3. The number of methoxy groups -OCH3 is 1. The third kappa shape index (κ3) is 6.89. The van der Waals surface area contributed by atoms with Crippen molar-refractivity contribution in [2.24, 2.45) is 0 Å². The predicted octanol–water partition coefficient (Wildman–Crippen LogP) is 6.10. The van der Waals surface area contributed by atoms with Gasteiger partial charge in [0.15, 0.2) is 0 Å². The van der Waals surface area contributed by atoms with E-state index < -0.39 is 17.8 Å². The summed E-state index contributed by atoms with van der Waals surface area (Å²) in [5.74, 6) is -0.509. The molecular weight excluding hydrogens is 532 g/mol. The quantitative estimate of drug-likeness (QED) is 0.261. The monoisotopic (exact) mass is 555 g/mol. The molecule has 0 atom stereocenters. The molecule has 0 aliphatic rings. The highest BCUT2D eigenvalue weighted by atomic mass is 35.5. The van der Waals surface area contributed by atoms with Gasteiger partial charge in [0.1, 0.15) is 18.2 Å². The van der Waals surface area contributed by atoms with E-state index in [2.05, 4.69) is 15.7 Å². The van der Waals surface area contributed by atoms with Crippen LogP contribution in [0.2, 0.25) is 10.0 Å². The fourth-order valence-corrected chi connectivity index (χ4v) is 4.05. The lowest BCUT2D eigenvalue weighted by atomic mass is 10.1. The van der Waals surface area contributed by atoms with E-state index in [9.17, 15) is 14.0 Å². The van der Waals surface area contributed by atoms with E-state index in [1.54, 1.807) is 30.3 Å². The zero-order chi connectivity index (χ0) is 27.1. The number of rotatable bonds is 9. The molecular formula is C27H24Cl2FN5O3. The highest BCUT2D eigenvalue weighted by Crippen LogP contribution is 2.26. The summed E-state index contributed by atoms with van der Waals surface area (Å²) >= 11 is 12.1. The number of hydrogen-bond acceptors (Lipinski definition) is 4. The van der Waals surface area contributed by atoms with Crippen molar-refractivity contribution < 1.29 is 18.7 Å². The third-order valence-corrected chi connectivity index (χ3v) is 6.03. The zero-order valence-corrected chi connectivity index (χ0v) is 21.8. The molecule has 0 spiro atoms. The van der Waals surface area contributed by atoms with Gasteiger partial charge in [-0.1, -0.05) is 53.5 Å². The molecule has 0 aliphatic carbocycles. The lowest BCUT2D eigenvalue weighted by molar-refractivity contribution is -0.116. The molecule has 0 radical (unpaired) electrons. The summed E-state index contributed by atoms with van der Waals surface area (Å²) in [5.41, 5.74) is 2.35. The summed E-state index contributed by atoms with van der Waals surface area (Å²) in [6, 6.07) is 21.0. The average Bonchev–Trinajstić information content (AvgIpc) is 3.32. The molecule has 0 fully saturated rings. The Hall–Kier alpha value is -3.92. The van der Waals surface area contributed by atoms with Crippen LogP contribution in [-0.2, 0) is 9.53 Å². The van der Waals surface area contributed by atoms with Crippen LogP contribution < -0.4 is 10.6 Å². The minimum absolute atomic E-state index is 0.146. The van der Waals surface area contributed by atoms with Crippen molar-refractivity contribution in [1.29, 1.82) is 0 Å². The van der Waals surface area contributed by atoms with Crippen LogP contribution in [0, 0.1) is 5.82 Å². The van der Waals surface area contributed by atoms with Crippen molar-refractivity contribution in [1.82, 2.24) is 14.7 Å². The van der Waals surface area contributed by atoms with Crippen LogP contribution in [0.5, 0.6) is 0 Å². The number of ether oxygens (including phenoxy) is 1. The first-order chi connectivity index (χ1) is 18.3. The molecule has 1 aromatic heterocycles. The molecule has 0 aliphatic heterocycles. The summed E-state index contributed by atoms with van der Waals surface area (Å²) < 4.78 is 20.2. The van der Waals surface area contributed by atoms with Gasteiger partial charge >= 0.3 is 6.03 Å². The Labute approximate surface area is 228 Å². The second kappa shape index (κ2) is 12.6. The molecule has 2 N–H and O–H groups in total. The Morgan fingerprint density at radius 3 is 2.42 bits per heavy atom. The lowest BCUT2D eigenvalue weighted by Gasteiger charge is -2.22. The Bertz CT molecular complexity index is 1410. The maximum Gasteiger partial charge on any atom is 0.322 e. The maximum absolute atomic E-state index is 13.5. The fraction of sp³-hybridized carbons (Fsp3) is 0.148. The van der Waals surface area contributed by atoms with Crippen molar-refractivity contribution in [3.8, 4) is 16.9 Å². The minimum Gasteiger partial charge on any atom is -0.383 e. The van der Waals surface area contributed by atoms with Crippen LogP contribution in [0.25, 0.3) is 16.9 Å². The molecule has 0 unspecified atom stereocenters. The van der Waals surface area contributed by atoms with E-state index in [0.29, 0.717) is 27.9 Å². The summed E-state index contributed by atoms with van der Waals surface area (Å²) in [4.78, 5) is 27.4. The van der Waals surface area contributed by atoms with Gasteiger partial charge in [0.25, 0.3) is 0 Å². The molecule has 196 valence electrons. The lowest BCUT2D eigenvalue weighted by Crippen LogP contribution is -2.42. The van der Waals surface area contributed by atoms with Crippen molar-refractivity contribution >= 4 is 46.6 Å². The first-order valence-electron chi connectivity index (χ1n) is 11.5. The number of benzene rings is 3. The molecule has 3 amide bonds. The van der Waals surface area contributed by atoms with Gasteiger partial charge in [0.05, 0.1) is 28.7 Å². The van der Waals surface area contributed by atoms with Gasteiger partial charge in [-0.05, 0) is 42.5 Å². The van der Waals surface area contributed by atoms with E-state index >= 15 is 0 Å². The highest BCUT2D eigenvalue weighted by molar-refractivity contribution is 6.36.